The SMILES string of the molecule is Cc1cc(N)nnc1C1=CCN(C(=O)OC(C)(C)C)[C@@H](C)C1. The van der Waals surface area contributed by atoms with Crippen molar-refractivity contribution in [3.05, 3.63) is 23.4 Å². The van der Waals surface area contributed by atoms with E-state index in [-0.39, 0.29) is 12.1 Å². The minimum Gasteiger partial charge on any atom is -0.444 e. The van der Waals surface area contributed by atoms with Gasteiger partial charge in [0.05, 0.1) is 5.69 Å². The third-order valence-corrected chi connectivity index (χ3v) is 3.52. The number of nitrogens with zero attached hydrogens (tertiary/aromatic N) is 3. The predicted octanol–water partition coefficient (Wildman–Crippen LogP) is 2.78. The van der Waals surface area contributed by atoms with Gasteiger partial charge in [-0.3, -0.25) is 0 Å². The molecule has 0 unspecified atom stereocenters. The van der Waals surface area contributed by atoms with Crippen molar-refractivity contribution in [3.63, 3.8) is 0 Å². The van der Waals surface area contributed by atoms with E-state index in [0.717, 1.165) is 23.3 Å². The molecule has 0 bridgehead atoms. The molecule has 2 heterocycles. The zero-order valence-electron chi connectivity index (χ0n) is 13.9. The summed E-state index contributed by atoms with van der Waals surface area (Å²) in [6.45, 7) is 10.1. The first-order valence-electron chi connectivity index (χ1n) is 7.46. The molecule has 22 heavy (non-hydrogen) atoms. The van der Waals surface area contributed by atoms with Gasteiger partial charge in [-0.2, -0.15) is 0 Å². The summed E-state index contributed by atoms with van der Waals surface area (Å²) in [5.41, 5.74) is 8.10. The highest BCUT2D eigenvalue weighted by atomic mass is 16.6. The lowest BCUT2D eigenvalue weighted by Gasteiger charge is -2.34. The smallest absolute Gasteiger partial charge is 0.410 e. The average Bonchev–Trinajstić information content (AvgIpc) is 2.36. The van der Waals surface area contributed by atoms with Gasteiger partial charge in [0.2, 0.25) is 0 Å². The fourth-order valence-electron chi connectivity index (χ4n) is 2.49. The summed E-state index contributed by atoms with van der Waals surface area (Å²) in [7, 11) is 0. The molecule has 0 radical (unpaired) electrons. The van der Waals surface area contributed by atoms with Gasteiger partial charge in [0.1, 0.15) is 11.4 Å². The van der Waals surface area contributed by atoms with Gasteiger partial charge in [-0.25, -0.2) is 4.79 Å². The van der Waals surface area contributed by atoms with E-state index < -0.39 is 5.60 Å². The molecule has 1 atom stereocenters. The second kappa shape index (κ2) is 5.94. The number of anilines is 1. The molecular formula is C16H24N4O2. The second-order valence-electron chi connectivity index (χ2n) is 6.72. The van der Waals surface area contributed by atoms with Gasteiger partial charge in [0.15, 0.2) is 0 Å². The number of nitrogen functional groups attached to an aromatic ring is 1. The van der Waals surface area contributed by atoms with Gasteiger partial charge in [-0.1, -0.05) is 6.08 Å². The Morgan fingerprint density at radius 3 is 2.64 bits per heavy atom. The van der Waals surface area contributed by atoms with E-state index >= 15 is 0 Å². The summed E-state index contributed by atoms with van der Waals surface area (Å²) >= 11 is 0. The van der Waals surface area contributed by atoms with Crippen LogP contribution < -0.4 is 5.73 Å². The fourth-order valence-corrected chi connectivity index (χ4v) is 2.49. The molecule has 1 amide bonds. The van der Waals surface area contributed by atoms with E-state index in [4.69, 9.17) is 10.5 Å². The molecule has 0 aliphatic carbocycles. The normalized spacial score (nSPS) is 18.9. The molecule has 1 aliphatic rings. The number of hydrogen-bond acceptors (Lipinski definition) is 5. The maximum Gasteiger partial charge on any atom is 0.410 e. The number of nitrogens with two attached hydrogens (primary N) is 1. The maximum absolute atomic E-state index is 12.2. The molecule has 0 fully saturated rings. The molecule has 120 valence electrons. The van der Waals surface area contributed by atoms with Crippen LogP contribution in [0.4, 0.5) is 10.6 Å². The van der Waals surface area contributed by atoms with Crippen molar-refractivity contribution in [1.29, 1.82) is 0 Å². The predicted molar refractivity (Wildman–Crippen MR) is 86.2 cm³/mol. The number of carbonyl (C=O) groups excluding carboxylic acids is 1. The van der Waals surface area contributed by atoms with Crippen LogP contribution in [0.2, 0.25) is 0 Å². The molecule has 1 aromatic rings. The van der Waals surface area contributed by atoms with Crippen LogP contribution >= 0.6 is 0 Å². The number of ether oxygens (including phenoxy) is 1. The monoisotopic (exact) mass is 304 g/mol. The van der Waals surface area contributed by atoms with Crippen molar-refractivity contribution in [3.8, 4) is 0 Å². The first-order chi connectivity index (χ1) is 10.2. The van der Waals surface area contributed by atoms with Gasteiger partial charge >= 0.3 is 6.09 Å². The molecule has 6 heteroatoms. The Morgan fingerprint density at radius 1 is 1.41 bits per heavy atom. The van der Waals surface area contributed by atoms with Crippen LogP contribution in [-0.4, -0.2) is 39.4 Å². The van der Waals surface area contributed by atoms with Crippen LogP contribution in [0.1, 0.15) is 45.4 Å². The highest BCUT2D eigenvalue weighted by molar-refractivity contribution is 5.73. The first kappa shape index (κ1) is 16.3. The Hall–Kier alpha value is -2.11. The lowest BCUT2D eigenvalue weighted by Crippen LogP contribution is -2.44. The lowest BCUT2D eigenvalue weighted by atomic mass is 9.96. The fraction of sp³-hybridized carbons (Fsp3) is 0.562. The molecule has 1 aliphatic heterocycles. The summed E-state index contributed by atoms with van der Waals surface area (Å²) in [5.74, 6) is 0.418. The van der Waals surface area contributed by atoms with Crippen LogP contribution in [-0.2, 0) is 4.74 Å². The van der Waals surface area contributed by atoms with Crippen molar-refractivity contribution in [2.75, 3.05) is 12.3 Å². The summed E-state index contributed by atoms with van der Waals surface area (Å²) in [4.78, 5) is 13.9. The quantitative estimate of drug-likeness (QED) is 0.862. The average molecular weight is 304 g/mol. The lowest BCUT2D eigenvalue weighted by molar-refractivity contribution is 0.0198. The zero-order valence-corrected chi connectivity index (χ0v) is 13.9. The summed E-state index contributed by atoms with van der Waals surface area (Å²) in [6, 6.07) is 1.86. The Morgan fingerprint density at radius 2 is 2.09 bits per heavy atom. The van der Waals surface area contributed by atoms with Gasteiger partial charge < -0.3 is 15.4 Å². The van der Waals surface area contributed by atoms with Gasteiger partial charge in [0, 0.05) is 12.6 Å². The van der Waals surface area contributed by atoms with Crippen LogP contribution in [0.3, 0.4) is 0 Å². The van der Waals surface area contributed by atoms with Crippen molar-refractivity contribution in [2.45, 2.75) is 52.7 Å². The van der Waals surface area contributed by atoms with Crippen LogP contribution in [0, 0.1) is 6.92 Å². The molecule has 2 rings (SSSR count). The van der Waals surface area contributed by atoms with Crippen molar-refractivity contribution >= 4 is 17.5 Å². The number of aromatic nitrogens is 2. The van der Waals surface area contributed by atoms with Crippen molar-refractivity contribution in [2.24, 2.45) is 0 Å². The summed E-state index contributed by atoms with van der Waals surface area (Å²) in [6.07, 6.45) is 2.45. The van der Waals surface area contributed by atoms with Crippen molar-refractivity contribution < 1.29 is 9.53 Å². The van der Waals surface area contributed by atoms with Crippen molar-refractivity contribution in [1.82, 2.24) is 15.1 Å². The standard InChI is InChI=1S/C16H24N4O2/c1-10-8-13(17)18-19-14(10)12-6-7-20(11(2)9-12)15(21)22-16(3,4)5/h6,8,11H,7,9H2,1-5H3,(H2,17,18)/t11-/m0/s1. The number of aryl methyl sites for hydroxylation is 1. The maximum atomic E-state index is 12.2. The van der Waals surface area contributed by atoms with Gasteiger partial charge in [-0.15, -0.1) is 10.2 Å². The number of hydrogen-bond donors (Lipinski definition) is 1. The third kappa shape index (κ3) is 3.75. The van der Waals surface area contributed by atoms with E-state index in [0.29, 0.717) is 12.4 Å². The Balaban J connectivity index is 2.16. The molecule has 2 N–H and O–H groups in total. The van der Waals surface area contributed by atoms with E-state index in [1.807, 2.05) is 46.8 Å². The minimum absolute atomic E-state index is 0.0496. The summed E-state index contributed by atoms with van der Waals surface area (Å²) in [5, 5.41) is 8.11. The Labute approximate surface area is 131 Å². The molecular weight excluding hydrogens is 280 g/mol. The molecule has 0 aromatic carbocycles. The van der Waals surface area contributed by atoms with E-state index in [1.165, 1.54) is 0 Å². The third-order valence-electron chi connectivity index (χ3n) is 3.52. The first-order valence-corrected chi connectivity index (χ1v) is 7.46. The van der Waals surface area contributed by atoms with Crippen LogP contribution in [0.15, 0.2) is 12.1 Å². The minimum atomic E-state index is -0.486. The molecule has 6 nitrogen and oxygen atoms in total. The van der Waals surface area contributed by atoms with E-state index in [9.17, 15) is 4.79 Å². The van der Waals surface area contributed by atoms with E-state index in [1.54, 1.807) is 4.90 Å². The number of rotatable bonds is 1. The summed E-state index contributed by atoms with van der Waals surface area (Å²) < 4.78 is 5.44. The molecule has 1 aromatic heterocycles. The topological polar surface area (TPSA) is 81.3 Å². The molecule has 0 spiro atoms. The Bertz CT molecular complexity index is 605. The van der Waals surface area contributed by atoms with E-state index in [2.05, 4.69) is 10.2 Å². The van der Waals surface area contributed by atoms with Gasteiger partial charge in [-0.05, 0) is 58.2 Å². The molecule has 0 saturated heterocycles. The largest absolute Gasteiger partial charge is 0.444 e. The van der Waals surface area contributed by atoms with Crippen LogP contribution in [0.5, 0.6) is 0 Å². The zero-order chi connectivity index (χ0) is 16.5. The highest BCUT2D eigenvalue weighted by Gasteiger charge is 2.29. The number of amides is 1. The second-order valence-corrected chi connectivity index (χ2v) is 6.72. The molecule has 0 saturated carbocycles. The highest BCUT2D eigenvalue weighted by Crippen LogP contribution is 2.28. The van der Waals surface area contributed by atoms with Crippen LogP contribution in [0.25, 0.3) is 5.57 Å². The van der Waals surface area contributed by atoms with Gasteiger partial charge in [0.25, 0.3) is 0 Å². The Kier molecular flexibility index (Phi) is 4.39. The number of carbonyl (C=O) groups is 1.